The third-order valence-electron chi connectivity index (χ3n) is 6.97. The van der Waals surface area contributed by atoms with Crippen molar-refractivity contribution in [2.24, 2.45) is 0 Å². The van der Waals surface area contributed by atoms with Gasteiger partial charge in [0.2, 0.25) is 5.91 Å². The Kier molecular flexibility index (Phi) is 7.08. The number of hydrogen-bond donors (Lipinski definition) is 0. The van der Waals surface area contributed by atoms with Crippen molar-refractivity contribution in [3.05, 3.63) is 48.0 Å². The Morgan fingerprint density at radius 1 is 1.16 bits per heavy atom. The molecule has 1 spiro atoms. The number of carbonyl (C=O) groups is 2. The number of ether oxygens (including phenoxy) is 1. The van der Waals surface area contributed by atoms with Gasteiger partial charge in [-0.05, 0) is 18.4 Å². The molecule has 0 aromatic heterocycles. The molecular formula is C25H35N3O3. The van der Waals surface area contributed by atoms with Gasteiger partial charge in [-0.3, -0.25) is 14.5 Å². The van der Waals surface area contributed by atoms with Crippen molar-refractivity contribution in [1.29, 1.82) is 0 Å². The summed E-state index contributed by atoms with van der Waals surface area (Å²) in [4.78, 5) is 32.5. The normalized spacial score (nSPS) is 25.6. The molecule has 6 nitrogen and oxygen atoms in total. The molecule has 0 radical (unpaired) electrons. The highest BCUT2D eigenvalue weighted by molar-refractivity contribution is 5.87. The van der Waals surface area contributed by atoms with E-state index in [4.69, 9.17) is 4.74 Å². The van der Waals surface area contributed by atoms with Crippen LogP contribution in [-0.2, 0) is 20.9 Å². The van der Waals surface area contributed by atoms with Gasteiger partial charge in [-0.15, -0.1) is 0 Å². The predicted molar refractivity (Wildman–Crippen MR) is 120 cm³/mol. The Morgan fingerprint density at radius 3 is 2.71 bits per heavy atom. The van der Waals surface area contributed by atoms with Crippen LogP contribution in [0.5, 0.6) is 0 Å². The van der Waals surface area contributed by atoms with Crippen molar-refractivity contribution in [2.45, 2.75) is 56.7 Å². The number of likely N-dealkylation sites (N-methyl/N-ethyl adjacent to an activating group) is 1. The van der Waals surface area contributed by atoms with Crippen LogP contribution in [0.3, 0.4) is 0 Å². The maximum absolute atomic E-state index is 13.6. The van der Waals surface area contributed by atoms with Gasteiger partial charge < -0.3 is 14.5 Å². The van der Waals surface area contributed by atoms with Gasteiger partial charge in [-0.25, -0.2) is 0 Å². The first kappa shape index (κ1) is 22.0. The third kappa shape index (κ3) is 5.18. The van der Waals surface area contributed by atoms with E-state index in [2.05, 4.69) is 17.1 Å². The molecule has 1 aliphatic carbocycles. The highest BCUT2D eigenvalue weighted by atomic mass is 16.5. The fourth-order valence-corrected chi connectivity index (χ4v) is 5.09. The van der Waals surface area contributed by atoms with E-state index in [1.807, 2.05) is 47.2 Å². The van der Waals surface area contributed by atoms with Crippen LogP contribution in [0.15, 0.2) is 42.5 Å². The molecule has 1 aromatic carbocycles. The molecule has 1 unspecified atom stereocenters. The SMILES string of the molecule is CN(C(=O)CN1CCOC2(CC=CCN(Cc3ccccc3)C2=O)C1)C1CCCCC1. The summed E-state index contributed by atoms with van der Waals surface area (Å²) >= 11 is 0. The molecule has 0 bridgehead atoms. The number of hydrogen-bond acceptors (Lipinski definition) is 4. The second-order valence-electron chi connectivity index (χ2n) is 9.20. The number of morpholine rings is 1. The standard InChI is InChI=1S/C25H35N3O3/c1-26(22-12-6-3-7-13-22)23(29)19-27-16-17-31-25(20-27)14-8-9-15-28(24(25)30)18-21-10-4-2-5-11-21/h2,4-5,8-11,22H,3,6-7,12-20H2,1H3. The van der Waals surface area contributed by atoms with Gasteiger partial charge in [0, 0.05) is 45.7 Å². The molecular weight excluding hydrogens is 390 g/mol. The summed E-state index contributed by atoms with van der Waals surface area (Å²) in [6, 6.07) is 10.4. The Balaban J connectivity index is 1.42. The van der Waals surface area contributed by atoms with Crippen LogP contribution in [0.25, 0.3) is 0 Å². The summed E-state index contributed by atoms with van der Waals surface area (Å²) in [5.74, 6) is 0.181. The molecule has 1 atom stereocenters. The van der Waals surface area contributed by atoms with Gasteiger partial charge in [-0.1, -0.05) is 61.7 Å². The fourth-order valence-electron chi connectivity index (χ4n) is 5.09. The number of amides is 2. The monoisotopic (exact) mass is 425 g/mol. The summed E-state index contributed by atoms with van der Waals surface area (Å²) in [6.45, 7) is 3.13. The van der Waals surface area contributed by atoms with E-state index < -0.39 is 5.60 Å². The smallest absolute Gasteiger partial charge is 0.257 e. The highest BCUT2D eigenvalue weighted by Gasteiger charge is 2.46. The molecule has 1 saturated heterocycles. The number of nitrogens with zero attached hydrogens (tertiary/aromatic N) is 3. The minimum atomic E-state index is -0.899. The van der Waals surface area contributed by atoms with E-state index in [9.17, 15) is 9.59 Å². The second-order valence-corrected chi connectivity index (χ2v) is 9.20. The van der Waals surface area contributed by atoms with Crippen molar-refractivity contribution in [3.63, 3.8) is 0 Å². The molecule has 0 N–H and O–H groups in total. The largest absolute Gasteiger partial charge is 0.362 e. The van der Waals surface area contributed by atoms with Gasteiger partial charge in [0.25, 0.3) is 5.91 Å². The lowest BCUT2D eigenvalue weighted by Gasteiger charge is -2.43. The van der Waals surface area contributed by atoms with Gasteiger partial charge >= 0.3 is 0 Å². The zero-order valence-electron chi connectivity index (χ0n) is 18.7. The predicted octanol–water partition coefficient (Wildman–Crippen LogP) is 2.84. The maximum Gasteiger partial charge on any atom is 0.257 e. The summed E-state index contributed by atoms with van der Waals surface area (Å²) < 4.78 is 6.15. The molecule has 6 heteroatoms. The van der Waals surface area contributed by atoms with E-state index in [0.717, 1.165) is 18.4 Å². The zero-order valence-corrected chi connectivity index (χ0v) is 18.7. The van der Waals surface area contributed by atoms with Crippen molar-refractivity contribution in [2.75, 3.05) is 39.8 Å². The van der Waals surface area contributed by atoms with Crippen LogP contribution in [0.2, 0.25) is 0 Å². The molecule has 2 amide bonds. The van der Waals surface area contributed by atoms with Crippen LogP contribution in [0.4, 0.5) is 0 Å². The molecule has 3 aliphatic rings. The van der Waals surface area contributed by atoms with Crippen LogP contribution in [-0.4, -0.2) is 78.0 Å². The first-order valence-electron chi connectivity index (χ1n) is 11.7. The highest BCUT2D eigenvalue weighted by Crippen LogP contribution is 2.29. The van der Waals surface area contributed by atoms with Crippen molar-refractivity contribution < 1.29 is 14.3 Å². The first-order chi connectivity index (χ1) is 15.1. The van der Waals surface area contributed by atoms with Crippen LogP contribution in [0.1, 0.15) is 44.1 Å². The minimum Gasteiger partial charge on any atom is -0.362 e. The Hall–Kier alpha value is -2.18. The Labute approximate surface area is 185 Å². The van der Waals surface area contributed by atoms with E-state index in [1.54, 1.807) is 0 Å². The summed E-state index contributed by atoms with van der Waals surface area (Å²) in [5, 5.41) is 0. The number of benzene rings is 1. The number of rotatable bonds is 5. The molecule has 4 rings (SSSR count). The van der Waals surface area contributed by atoms with E-state index >= 15 is 0 Å². The van der Waals surface area contributed by atoms with Crippen molar-refractivity contribution in [1.82, 2.24) is 14.7 Å². The van der Waals surface area contributed by atoms with Gasteiger partial charge in [0.15, 0.2) is 5.60 Å². The lowest BCUT2D eigenvalue weighted by Crippen LogP contribution is -2.61. The molecule has 2 fully saturated rings. The zero-order chi connectivity index (χ0) is 21.7. The van der Waals surface area contributed by atoms with Crippen molar-refractivity contribution in [3.8, 4) is 0 Å². The number of carbonyl (C=O) groups excluding carboxylic acids is 2. The quantitative estimate of drug-likeness (QED) is 0.681. The van der Waals surface area contributed by atoms with Crippen LogP contribution >= 0.6 is 0 Å². The molecule has 2 aliphatic heterocycles. The minimum absolute atomic E-state index is 0.0270. The molecule has 31 heavy (non-hydrogen) atoms. The summed E-state index contributed by atoms with van der Waals surface area (Å²) in [7, 11) is 1.94. The maximum atomic E-state index is 13.6. The molecule has 168 valence electrons. The topological polar surface area (TPSA) is 53.1 Å². The van der Waals surface area contributed by atoms with E-state index in [-0.39, 0.29) is 11.8 Å². The molecule has 1 aromatic rings. The lowest BCUT2D eigenvalue weighted by atomic mass is 9.94. The second kappa shape index (κ2) is 9.96. The Morgan fingerprint density at radius 2 is 1.94 bits per heavy atom. The van der Waals surface area contributed by atoms with E-state index in [1.165, 1.54) is 19.3 Å². The first-order valence-corrected chi connectivity index (χ1v) is 11.7. The van der Waals surface area contributed by atoms with Gasteiger partial charge in [0.1, 0.15) is 0 Å². The van der Waals surface area contributed by atoms with Crippen LogP contribution < -0.4 is 0 Å². The summed E-state index contributed by atoms with van der Waals surface area (Å²) in [5.41, 5.74) is 0.210. The van der Waals surface area contributed by atoms with Crippen LogP contribution in [0, 0.1) is 0 Å². The molecule has 1 saturated carbocycles. The lowest BCUT2D eigenvalue weighted by molar-refractivity contribution is -0.171. The van der Waals surface area contributed by atoms with Gasteiger partial charge in [0.05, 0.1) is 13.2 Å². The Bertz CT molecular complexity index is 790. The summed E-state index contributed by atoms with van der Waals surface area (Å²) in [6.07, 6.45) is 10.6. The average Bonchev–Trinajstić information content (AvgIpc) is 2.94. The third-order valence-corrected chi connectivity index (χ3v) is 6.97. The molecule has 2 heterocycles. The van der Waals surface area contributed by atoms with E-state index in [0.29, 0.717) is 51.8 Å². The average molecular weight is 426 g/mol. The van der Waals surface area contributed by atoms with Crippen molar-refractivity contribution >= 4 is 11.8 Å². The van der Waals surface area contributed by atoms with Gasteiger partial charge in [-0.2, -0.15) is 0 Å². The fraction of sp³-hybridized carbons (Fsp3) is 0.600.